The Morgan fingerprint density at radius 1 is 1.46 bits per heavy atom. The van der Waals surface area contributed by atoms with Crippen molar-refractivity contribution in [2.75, 3.05) is 13.4 Å². The van der Waals surface area contributed by atoms with Crippen molar-refractivity contribution in [3.8, 4) is 0 Å². The van der Waals surface area contributed by atoms with Gasteiger partial charge < -0.3 is 19.3 Å². The number of hydrogen-bond acceptors (Lipinski definition) is 4. The number of carboxylic acid groups (broad SMARTS) is 1. The molecule has 0 aromatic heterocycles. The van der Waals surface area contributed by atoms with Crippen molar-refractivity contribution < 1.29 is 24.1 Å². The summed E-state index contributed by atoms with van der Waals surface area (Å²) in [5.41, 5.74) is -2.16. The number of carboxylic acids is 1. The minimum absolute atomic E-state index is 0.146. The maximum absolute atomic E-state index is 11.0. The van der Waals surface area contributed by atoms with Crippen molar-refractivity contribution >= 4 is 5.97 Å². The van der Waals surface area contributed by atoms with Crippen LogP contribution in [0.3, 0.4) is 0 Å². The molecule has 0 aliphatic carbocycles. The largest absolute Gasteiger partial charge is 0.479 e. The predicted molar refractivity (Wildman–Crippen MR) is 41.2 cm³/mol. The zero-order valence-corrected chi connectivity index (χ0v) is 7.57. The Labute approximate surface area is 75.6 Å². The van der Waals surface area contributed by atoms with Crippen LogP contribution in [0.1, 0.15) is 13.8 Å². The van der Waals surface area contributed by atoms with Gasteiger partial charge in [-0.2, -0.15) is 0 Å². The summed E-state index contributed by atoms with van der Waals surface area (Å²) in [6.07, 6.45) is -0.270. The van der Waals surface area contributed by atoms with E-state index in [1.807, 2.05) is 0 Å². The van der Waals surface area contributed by atoms with Gasteiger partial charge in [0, 0.05) is 0 Å². The Kier molecular flexibility index (Phi) is 1.67. The lowest BCUT2D eigenvalue weighted by atomic mass is 9.84. The summed E-state index contributed by atoms with van der Waals surface area (Å²) >= 11 is 0. The topological polar surface area (TPSA) is 65.0 Å². The fourth-order valence-corrected chi connectivity index (χ4v) is 1.80. The van der Waals surface area contributed by atoms with Gasteiger partial charge in [-0.05, 0) is 13.8 Å². The smallest absolute Gasteiger partial charge is 0.338 e. The van der Waals surface area contributed by atoms with E-state index in [1.165, 1.54) is 6.92 Å². The van der Waals surface area contributed by atoms with Gasteiger partial charge in [0.1, 0.15) is 18.5 Å². The van der Waals surface area contributed by atoms with E-state index in [2.05, 4.69) is 0 Å². The van der Waals surface area contributed by atoms with E-state index < -0.39 is 17.2 Å². The minimum atomic E-state index is -1.30. The third-order valence-electron chi connectivity index (χ3n) is 3.12. The van der Waals surface area contributed by atoms with Crippen LogP contribution in [0.25, 0.3) is 0 Å². The fraction of sp³-hybridized carbons (Fsp3) is 0.875. The average Bonchev–Trinajstić information content (AvgIpc) is 2.52. The highest BCUT2D eigenvalue weighted by atomic mass is 16.8. The van der Waals surface area contributed by atoms with Crippen molar-refractivity contribution in [1.29, 1.82) is 0 Å². The summed E-state index contributed by atoms with van der Waals surface area (Å²) in [6.45, 7) is 3.66. The molecule has 13 heavy (non-hydrogen) atoms. The summed E-state index contributed by atoms with van der Waals surface area (Å²) < 4.78 is 15.8. The normalized spacial score (nSPS) is 49.2. The second kappa shape index (κ2) is 2.43. The molecule has 2 aliphatic rings. The van der Waals surface area contributed by atoms with E-state index in [9.17, 15) is 4.79 Å². The van der Waals surface area contributed by atoms with Gasteiger partial charge in [0.15, 0.2) is 5.60 Å². The van der Waals surface area contributed by atoms with Crippen LogP contribution in [-0.4, -0.2) is 41.8 Å². The lowest BCUT2D eigenvalue weighted by Crippen LogP contribution is -2.55. The fourth-order valence-electron chi connectivity index (χ4n) is 1.80. The molecule has 1 N–H and O–H groups in total. The van der Waals surface area contributed by atoms with Gasteiger partial charge in [-0.1, -0.05) is 0 Å². The SMILES string of the molecule is CC1(C(=O)O)OCC2OCOC21C. The molecule has 0 radical (unpaired) electrons. The summed E-state index contributed by atoms with van der Waals surface area (Å²) in [7, 11) is 0. The highest BCUT2D eigenvalue weighted by molar-refractivity contribution is 5.79. The molecule has 2 fully saturated rings. The summed E-state index contributed by atoms with van der Waals surface area (Å²) in [5, 5.41) is 9.02. The van der Waals surface area contributed by atoms with Gasteiger partial charge in [0.05, 0.1) is 6.61 Å². The molecule has 0 aromatic rings. The first-order chi connectivity index (χ1) is 6.01. The predicted octanol–water partition coefficient (Wildman–Crippen LogP) is -0.00850. The summed E-state index contributed by atoms with van der Waals surface area (Å²) in [6, 6.07) is 0. The van der Waals surface area contributed by atoms with Crippen LogP contribution in [-0.2, 0) is 19.0 Å². The van der Waals surface area contributed by atoms with Crippen LogP contribution < -0.4 is 0 Å². The van der Waals surface area contributed by atoms with Gasteiger partial charge in [0.25, 0.3) is 0 Å². The van der Waals surface area contributed by atoms with Crippen LogP contribution in [0.4, 0.5) is 0 Å². The molecule has 0 aromatic carbocycles. The molecular formula is C8H12O5. The quantitative estimate of drug-likeness (QED) is 0.627. The maximum atomic E-state index is 11.0. The van der Waals surface area contributed by atoms with Crippen molar-refractivity contribution in [1.82, 2.24) is 0 Å². The Morgan fingerprint density at radius 2 is 2.15 bits per heavy atom. The lowest BCUT2D eigenvalue weighted by molar-refractivity contribution is -0.182. The molecular weight excluding hydrogens is 176 g/mol. The van der Waals surface area contributed by atoms with Crippen LogP contribution in [0.5, 0.6) is 0 Å². The molecule has 2 saturated heterocycles. The monoisotopic (exact) mass is 188 g/mol. The van der Waals surface area contributed by atoms with Gasteiger partial charge in [-0.3, -0.25) is 0 Å². The zero-order valence-electron chi connectivity index (χ0n) is 7.57. The van der Waals surface area contributed by atoms with E-state index in [-0.39, 0.29) is 19.5 Å². The zero-order chi connectivity index (χ0) is 9.69. The Balaban J connectivity index is 2.37. The first kappa shape index (κ1) is 8.93. The molecule has 5 nitrogen and oxygen atoms in total. The maximum Gasteiger partial charge on any atom is 0.338 e. The molecule has 2 aliphatic heterocycles. The van der Waals surface area contributed by atoms with E-state index in [1.54, 1.807) is 6.92 Å². The number of fused-ring (bicyclic) bond motifs is 1. The molecule has 74 valence electrons. The summed E-state index contributed by atoms with van der Waals surface area (Å²) in [4.78, 5) is 11.0. The highest BCUT2D eigenvalue weighted by Gasteiger charge is 2.65. The first-order valence-electron chi connectivity index (χ1n) is 4.13. The van der Waals surface area contributed by atoms with Crippen molar-refractivity contribution in [2.24, 2.45) is 0 Å². The summed E-state index contributed by atoms with van der Waals surface area (Å²) in [5.74, 6) is -1.01. The van der Waals surface area contributed by atoms with E-state index in [4.69, 9.17) is 19.3 Å². The second-order valence-corrected chi connectivity index (χ2v) is 3.67. The molecule has 0 amide bonds. The number of rotatable bonds is 1. The van der Waals surface area contributed by atoms with Gasteiger partial charge in [-0.15, -0.1) is 0 Å². The molecule has 2 heterocycles. The molecule has 3 unspecified atom stereocenters. The minimum Gasteiger partial charge on any atom is -0.479 e. The Hall–Kier alpha value is -0.650. The lowest BCUT2D eigenvalue weighted by Gasteiger charge is -2.32. The molecule has 2 rings (SSSR count). The van der Waals surface area contributed by atoms with Gasteiger partial charge in [-0.25, -0.2) is 4.79 Å². The van der Waals surface area contributed by atoms with Gasteiger partial charge >= 0.3 is 5.97 Å². The Morgan fingerprint density at radius 3 is 2.77 bits per heavy atom. The van der Waals surface area contributed by atoms with E-state index in [0.29, 0.717) is 0 Å². The standard InChI is InChI=1S/C8H12O5/c1-7-5(11-4-13-7)3-12-8(7,2)6(9)10/h5H,3-4H2,1-2H3,(H,9,10). The number of aliphatic carboxylic acids is 1. The molecule has 0 spiro atoms. The van der Waals surface area contributed by atoms with Crippen LogP contribution in [0.15, 0.2) is 0 Å². The highest BCUT2D eigenvalue weighted by Crippen LogP contribution is 2.43. The van der Waals surface area contributed by atoms with Crippen LogP contribution in [0, 0.1) is 0 Å². The molecule has 3 atom stereocenters. The van der Waals surface area contributed by atoms with E-state index in [0.717, 1.165) is 0 Å². The molecule has 0 saturated carbocycles. The number of ether oxygens (including phenoxy) is 3. The second-order valence-electron chi connectivity index (χ2n) is 3.67. The van der Waals surface area contributed by atoms with Crippen LogP contribution in [0.2, 0.25) is 0 Å². The van der Waals surface area contributed by atoms with Crippen molar-refractivity contribution in [2.45, 2.75) is 31.2 Å². The number of hydrogen-bond donors (Lipinski definition) is 1. The van der Waals surface area contributed by atoms with E-state index >= 15 is 0 Å². The first-order valence-corrected chi connectivity index (χ1v) is 4.13. The van der Waals surface area contributed by atoms with Crippen molar-refractivity contribution in [3.05, 3.63) is 0 Å². The number of carbonyl (C=O) groups is 1. The third-order valence-corrected chi connectivity index (χ3v) is 3.12. The average molecular weight is 188 g/mol. The molecule has 5 heteroatoms. The molecule has 0 bridgehead atoms. The third kappa shape index (κ3) is 0.892. The van der Waals surface area contributed by atoms with Crippen molar-refractivity contribution in [3.63, 3.8) is 0 Å². The van der Waals surface area contributed by atoms with Crippen LogP contribution >= 0.6 is 0 Å². The Bertz CT molecular complexity index is 253. The van der Waals surface area contributed by atoms with Gasteiger partial charge in [0.2, 0.25) is 0 Å².